The Morgan fingerprint density at radius 2 is 1.84 bits per heavy atom. The molecule has 1 unspecified atom stereocenters. The van der Waals surface area contributed by atoms with Crippen molar-refractivity contribution in [2.24, 2.45) is 11.1 Å². The molecule has 3 rings (SSSR count). The summed E-state index contributed by atoms with van der Waals surface area (Å²) in [5, 5.41) is 0. The van der Waals surface area contributed by atoms with Crippen molar-refractivity contribution in [2.45, 2.75) is 46.2 Å². The fourth-order valence-electron chi connectivity index (χ4n) is 3.70. The second kappa shape index (κ2) is 7.04. The number of aryl methyl sites for hydroxylation is 2. The molecule has 6 nitrogen and oxygen atoms in total. The van der Waals surface area contributed by atoms with E-state index in [2.05, 4.69) is 13.8 Å². The summed E-state index contributed by atoms with van der Waals surface area (Å²) in [6.07, 6.45) is 2.20. The van der Waals surface area contributed by atoms with Crippen LogP contribution in [0.5, 0.6) is 0 Å². The van der Waals surface area contributed by atoms with Gasteiger partial charge in [0.25, 0.3) is 0 Å². The average molecular weight is 344 g/mol. The SMILES string of the molecule is CCCn1c(=O)n(CCC(=O)N2CCC(C)(CN)C2)c2ccccc21. The van der Waals surface area contributed by atoms with Crippen LogP contribution in [0.2, 0.25) is 0 Å². The number of hydrogen-bond acceptors (Lipinski definition) is 3. The first-order valence-corrected chi connectivity index (χ1v) is 9.15. The maximum Gasteiger partial charge on any atom is 0.329 e. The molecule has 0 aliphatic carbocycles. The zero-order valence-corrected chi connectivity index (χ0v) is 15.2. The quantitative estimate of drug-likeness (QED) is 0.868. The van der Waals surface area contributed by atoms with Crippen LogP contribution < -0.4 is 11.4 Å². The molecule has 2 aromatic rings. The Hall–Kier alpha value is -2.08. The molecule has 1 aromatic carbocycles. The third-order valence-electron chi connectivity index (χ3n) is 5.32. The third-order valence-corrected chi connectivity index (χ3v) is 5.32. The predicted molar refractivity (Wildman–Crippen MR) is 99.5 cm³/mol. The van der Waals surface area contributed by atoms with Crippen LogP contribution in [0.25, 0.3) is 11.0 Å². The van der Waals surface area contributed by atoms with E-state index in [-0.39, 0.29) is 17.0 Å². The van der Waals surface area contributed by atoms with Gasteiger partial charge in [0.05, 0.1) is 11.0 Å². The summed E-state index contributed by atoms with van der Waals surface area (Å²) in [7, 11) is 0. The summed E-state index contributed by atoms with van der Waals surface area (Å²) >= 11 is 0. The van der Waals surface area contributed by atoms with Gasteiger partial charge in [-0.25, -0.2) is 4.79 Å². The van der Waals surface area contributed by atoms with Crippen LogP contribution in [-0.2, 0) is 17.9 Å². The van der Waals surface area contributed by atoms with E-state index >= 15 is 0 Å². The second-order valence-corrected chi connectivity index (χ2v) is 7.40. The normalized spacial score (nSPS) is 20.5. The number of imidazole rings is 1. The minimum Gasteiger partial charge on any atom is -0.342 e. The highest BCUT2D eigenvalue weighted by atomic mass is 16.2. The first-order valence-electron chi connectivity index (χ1n) is 9.15. The summed E-state index contributed by atoms with van der Waals surface area (Å²) in [5.74, 6) is 0.108. The van der Waals surface area contributed by atoms with Gasteiger partial charge in [0, 0.05) is 32.6 Å². The molecule has 1 aliphatic heterocycles. The molecule has 1 aromatic heterocycles. The van der Waals surface area contributed by atoms with E-state index in [4.69, 9.17) is 5.73 Å². The highest BCUT2D eigenvalue weighted by molar-refractivity contribution is 5.78. The molecule has 1 amide bonds. The smallest absolute Gasteiger partial charge is 0.329 e. The molecule has 136 valence electrons. The van der Waals surface area contributed by atoms with Gasteiger partial charge in [-0.1, -0.05) is 26.0 Å². The van der Waals surface area contributed by atoms with Crippen LogP contribution in [0.3, 0.4) is 0 Å². The molecule has 25 heavy (non-hydrogen) atoms. The van der Waals surface area contributed by atoms with E-state index in [9.17, 15) is 9.59 Å². The van der Waals surface area contributed by atoms with Crippen molar-refractivity contribution in [1.82, 2.24) is 14.0 Å². The number of aromatic nitrogens is 2. The predicted octanol–water partition coefficient (Wildman–Crippen LogP) is 1.80. The van der Waals surface area contributed by atoms with Gasteiger partial charge in [-0.05, 0) is 36.9 Å². The van der Waals surface area contributed by atoms with Gasteiger partial charge in [0.2, 0.25) is 5.91 Å². The molecule has 6 heteroatoms. The largest absolute Gasteiger partial charge is 0.342 e. The number of nitrogens with two attached hydrogens (primary N) is 1. The number of likely N-dealkylation sites (tertiary alicyclic amines) is 1. The molecule has 1 fully saturated rings. The summed E-state index contributed by atoms with van der Waals surface area (Å²) < 4.78 is 3.54. The van der Waals surface area contributed by atoms with E-state index in [1.165, 1.54) is 0 Å². The van der Waals surface area contributed by atoms with Crippen molar-refractivity contribution in [3.8, 4) is 0 Å². The van der Waals surface area contributed by atoms with Crippen LogP contribution in [0, 0.1) is 5.41 Å². The number of nitrogens with zero attached hydrogens (tertiary/aromatic N) is 3. The number of carbonyl (C=O) groups excluding carboxylic acids is 1. The Morgan fingerprint density at radius 3 is 2.40 bits per heavy atom. The lowest BCUT2D eigenvalue weighted by molar-refractivity contribution is -0.130. The van der Waals surface area contributed by atoms with E-state index in [1.54, 1.807) is 9.13 Å². The van der Waals surface area contributed by atoms with Crippen molar-refractivity contribution >= 4 is 16.9 Å². The van der Waals surface area contributed by atoms with Crippen molar-refractivity contribution in [3.05, 3.63) is 34.7 Å². The van der Waals surface area contributed by atoms with Gasteiger partial charge in [-0.15, -0.1) is 0 Å². The summed E-state index contributed by atoms with van der Waals surface area (Å²) in [5.41, 5.74) is 7.68. The molecular weight excluding hydrogens is 316 g/mol. The second-order valence-electron chi connectivity index (χ2n) is 7.40. The van der Waals surface area contributed by atoms with E-state index < -0.39 is 0 Å². The molecule has 2 heterocycles. The minimum atomic E-state index is -0.0240. The highest BCUT2D eigenvalue weighted by Crippen LogP contribution is 2.28. The standard InChI is InChI=1S/C19H28N4O2/c1-3-10-22-15-6-4-5-7-16(15)23(18(22)25)11-8-17(24)21-12-9-19(2,13-20)14-21/h4-7H,3,8-14,20H2,1-2H3. The Bertz CT molecular complexity index is 822. The van der Waals surface area contributed by atoms with Crippen LogP contribution in [0.1, 0.15) is 33.1 Å². The number of fused-ring (bicyclic) bond motifs is 1. The molecule has 0 saturated carbocycles. The van der Waals surface area contributed by atoms with Gasteiger partial charge in [0.15, 0.2) is 0 Å². The van der Waals surface area contributed by atoms with Crippen LogP contribution in [0.4, 0.5) is 0 Å². The maximum atomic E-state index is 12.7. The Labute approximate surface area is 148 Å². The number of rotatable bonds is 6. The Morgan fingerprint density at radius 1 is 1.20 bits per heavy atom. The molecule has 0 spiro atoms. The maximum absolute atomic E-state index is 12.7. The van der Waals surface area contributed by atoms with Crippen molar-refractivity contribution < 1.29 is 4.79 Å². The topological polar surface area (TPSA) is 73.3 Å². The first kappa shape index (κ1) is 17.7. The number of carbonyl (C=O) groups is 1. The van der Waals surface area contributed by atoms with Crippen molar-refractivity contribution in [2.75, 3.05) is 19.6 Å². The lowest BCUT2D eigenvalue weighted by Gasteiger charge is -2.22. The number of para-hydroxylation sites is 2. The van der Waals surface area contributed by atoms with E-state index in [1.807, 2.05) is 29.2 Å². The number of hydrogen-bond donors (Lipinski definition) is 1. The number of benzene rings is 1. The van der Waals surface area contributed by atoms with Crippen LogP contribution >= 0.6 is 0 Å². The van der Waals surface area contributed by atoms with Crippen LogP contribution in [-0.4, -0.2) is 39.6 Å². The van der Waals surface area contributed by atoms with E-state index in [0.29, 0.717) is 26.1 Å². The summed E-state index contributed by atoms with van der Waals surface area (Å²) in [6, 6.07) is 7.80. The molecule has 1 saturated heterocycles. The van der Waals surface area contributed by atoms with Gasteiger partial charge >= 0.3 is 5.69 Å². The van der Waals surface area contributed by atoms with Gasteiger partial charge < -0.3 is 10.6 Å². The van der Waals surface area contributed by atoms with Gasteiger partial charge in [-0.3, -0.25) is 13.9 Å². The zero-order chi connectivity index (χ0) is 18.0. The lowest BCUT2D eigenvalue weighted by atomic mass is 9.90. The fourth-order valence-corrected chi connectivity index (χ4v) is 3.70. The van der Waals surface area contributed by atoms with Gasteiger partial charge in [-0.2, -0.15) is 0 Å². The van der Waals surface area contributed by atoms with E-state index in [0.717, 1.165) is 37.0 Å². The highest BCUT2D eigenvalue weighted by Gasteiger charge is 2.34. The fraction of sp³-hybridized carbons (Fsp3) is 0.579. The molecule has 1 atom stereocenters. The number of amides is 1. The van der Waals surface area contributed by atoms with Crippen molar-refractivity contribution in [1.29, 1.82) is 0 Å². The summed E-state index contributed by atoms with van der Waals surface area (Å²) in [4.78, 5) is 27.2. The molecule has 2 N–H and O–H groups in total. The first-order chi connectivity index (χ1) is 12.0. The molecule has 1 aliphatic rings. The third kappa shape index (κ3) is 3.35. The Kier molecular flexibility index (Phi) is 4.99. The lowest BCUT2D eigenvalue weighted by Crippen LogP contribution is -2.35. The molecular formula is C19H28N4O2. The van der Waals surface area contributed by atoms with Crippen LogP contribution in [0.15, 0.2) is 29.1 Å². The van der Waals surface area contributed by atoms with Crippen molar-refractivity contribution in [3.63, 3.8) is 0 Å². The molecule has 0 bridgehead atoms. The minimum absolute atomic E-state index is 0.0240. The summed E-state index contributed by atoms with van der Waals surface area (Å²) in [6.45, 7) is 7.38. The molecule has 0 radical (unpaired) electrons. The van der Waals surface area contributed by atoms with Gasteiger partial charge in [0.1, 0.15) is 0 Å². The zero-order valence-electron chi connectivity index (χ0n) is 15.2. The Balaban J connectivity index is 1.77. The average Bonchev–Trinajstić information content (AvgIpc) is 3.14. The monoisotopic (exact) mass is 344 g/mol.